The molecule has 1 atom stereocenters. The Balaban J connectivity index is 1.93. The number of nitrogens with one attached hydrogen (secondary N) is 1. The van der Waals surface area contributed by atoms with Crippen molar-refractivity contribution in [2.75, 3.05) is 16.8 Å². The second-order valence-corrected chi connectivity index (χ2v) is 9.86. The molecule has 1 saturated heterocycles. The molecule has 3 rings (SSSR count). The molecule has 2 aromatic rings. The van der Waals surface area contributed by atoms with Crippen LogP contribution in [-0.2, 0) is 15.3 Å². The van der Waals surface area contributed by atoms with Gasteiger partial charge >= 0.3 is 0 Å². The van der Waals surface area contributed by atoms with Gasteiger partial charge in [-0.2, -0.15) is 5.10 Å². The summed E-state index contributed by atoms with van der Waals surface area (Å²) in [4.78, 5) is 12.5. The average Bonchev–Trinajstić information content (AvgIpc) is 3.10. The maximum absolute atomic E-state index is 13.1. The van der Waals surface area contributed by atoms with Gasteiger partial charge in [0.2, 0.25) is 0 Å². The van der Waals surface area contributed by atoms with Gasteiger partial charge in [-0.15, -0.1) is 0 Å². The molecule has 1 aliphatic heterocycles. The Bertz CT molecular complexity index is 928. The van der Waals surface area contributed by atoms with Gasteiger partial charge in [-0.3, -0.25) is 4.79 Å². The summed E-state index contributed by atoms with van der Waals surface area (Å²) in [6.45, 7) is 5.99. The zero-order valence-electron chi connectivity index (χ0n) is 15.0. The van der Waals surface area contributed by atoms with Gasteiger partial charge in [0, 0.05) is 17.0 Å². The van der Waals surface area contributed by atoms with Crippen LogP contribution in [0.5, 0.6) is 0 Å². The number of carbonyl (C=O) groups is 1. The number of hydrogen-bond acceptors (Lipinski definition) is 4. The van der Waals surface area contributed by atoms with E-state index in [-0.39, 0.29) is 23.0 Å². The summed E-state index contributed by atoms with van der Waals surface area (Å²) in [6.07, 6.45) is 0.465. The number of hydrogen-bond donors (Lipinski definition) is 1. The van der Waals surface area contributed by atoms with Crippen molar-refractivity contribution < 1.29 is 17.6 Å². The minimum absolute atomic E-state index is 0.0116. The van der Waals surface area contributed by atoms with Gasteiger partial charge in [0.1, 0.15) is 11.6 Å². The lowest BCUT2D eigenvalue weighted by molar-refractivity contribution is 0.102. The number of anilines is 1. The molecule has 140 valence electrons. The number of amides is 1. The van der Waals surface area contributed by atoms with Gasteiger partial charge in [-0.05, 0) is 30.7 Å². The van der Waals surface area contributed by atoms with Crippen molar-refractivity contribution in [3.8, 4) is 0 Å². The predicted octanol–water partition coefficient (Wildman–Crippen LogP) is 2.93. The van der Waals surface area contributed by atoms with E-state index in [1.807, 2.05) is 20.8 Å². The molecule has 1 aliphatic rings. The SMILES string of the molecule is CC(C)(C)c1cc(NC(=O)c2ccc(F)cc2)n(C2CCS(=O)(=O)C2)n1. The molecule has 1 N–H and O–H groups in total. The van der Waals surface area contributed by atoms with E-state index in [1.165, 1.54) is 24.3 Å². The predicted molar refractivity (Wildman–Crippen MR) is 97.6 cm³/mol. The highest BCUT2D eigenvalue weighted by atomic mass is 32.2. The van der Waals surface area contributed by atoms with Crippen molar-refractivity contribution in [3.05, 3.63) is 47.4 Å². The molecule has 1 amide bonds. The van der Waals surface area contributed by atoms with Crippen LogP contribution in [0.1, 0.15) is 49.3 Å². The van der Waals surface area contributed by atoms with Crippen molar-refractivity contribution in [1.29, 1.82) is 0 Å². The maximum atomic E-state index is 13.1. The molecular formula is C18H22FN3O3S. The number of nitrogens with zero attached hydrogens (tertiary/aromatic N) is 2. The van der Waals surface area contributed by atoms with E-state index >= 15 is 0 Å². The lowest BCUT2D eigenvalue weighted by Gasteiger charge is -2.15. The summed E-state index contributed by atoms with van der Waals surface area (Å²) in [5.74, 6) is -0.234. The first-order valence-corrected chi connectivity index (χ1v) is 10.2. The Labute approximate surface area is 152 Å². The Hall–Kier alpha value is -2.22. The molecule has 6 nitrogen and oxygen atoms in total. The van der Waals surface area contributed by atoms with Gasteiger partial charge in [-0.1, -0.05) is 20.8 Å². The lowest BCUT2D eigenvalue weighted by Crippen LogP contribution is -2.20. The third kappa shape index (κ3) is 3.95. The first-order valence-electron chi connectivity index (χ1n) is 8.42. The summed E-state index contributed by atoms with van der Waals surface area (Å²) >= 11 is 0. The highest BCUT2D eigenvalue weighted by molar-refractivity contribution is 7.91. The van der Waals surface area contributed by atoms with Crippen LogP contribution >= 0.6 is 0 Å². The molecule has 26 heavy (non-hydrogen) atoms. The number of rotatable bonds is 3. The fourth-order valence-electron chi connectivity index (χ4n) is 2.89. The summed E-state index contributed by atoms with van der Waals surface area (Å²) in [7, 11) is -3.09. The van der Waals surface area contributed by atoms with Gasteiger partial charge in [0.25, 0.3) is 5.91 Å². The van der Waals surface area contributed by atoms with E-state index in [4.69, 9.17) is 0 Å². The monoisotopic (exact) mass is 379 g/mol. The summed E-state index contributed by atoms with van der Waals surface area (Å²) < 4.78 is 38.3. The van der Waals surface area contributed by atoms with Crippen LogP contribution in [0.25, 0.3) is 0 Å². The number of carbonyl (C=O) groups excluding carboxylic acids is 1. The Morgan fingerprint density at radius 3 is 2.46 bits per heavy atom. The van der Waals surface area contributed by atoms with E-state index in [2.05, 4.69) is 10.4 Å². The molecule has 1 aromatic heterocycles. The molecule has 1 unspecified atom stereocenters. The van der Waals surface area contributed by atoms with Crippen molar-refractivity contribution in [2.24, 2.45) is 0 Å². The van der Waals surface area contributed by atoms with Gasteiger partial charge < -0.3 is 5.32 Å². The molecule has 8 heteroatoms. The molecule has 0 radical (unpaired) electrons. The maximum Gasteiger partial charge on any atom is 0.256 e. The standard InChI is InChI=1S/C18H22FN3O3S/c1-18(2,3)15-10-16(20-17(23)12-4-6-13(19)7-5-12)22(21-15)14-8-9-26(24,25)11-14/h4-7,10,14H,8-9,11H2,1-3H3,(H,20,23). The smallest absolute Gasteiger partial charge is 0.256 e. The molecule has 2 heterocycles. The topological polar surface area (TPSA) is 81.1 Å². The highest BCUT2D eigenvalue weighted by Gasteiger charge is 2.33. The summed E-state index contributed by atoms with van der Waals surface area (Å²) in [5.41, 5.74) is 0.824. The van der Waals surface area contributed by atoms with Crippen LogP contribution in [0.15, 0.2) is 30.3 Å². The fraction of sp³-hybridized carbons (Fsp3) is 0.444. The van der Waals surface area contributed by atoms with E-state index in [1.54, 1.807) is 10.7 Å². The number of sulfone groups is 1. The number of benzene rings is 1. The van der Waals surface area contributed by atoms with E-state index in [0.29, 0.717) is 17.8 Å². The molecule has 1 aromatic carbocycles. The fourth-order valence-corrected chi connectivity index (χ4v) is 4.58. The van der Waals surface area contributed by atoms with Gasteiger partial charge in [-0.25, -0.2) is 17.5 Å². The first kappa shape index (κ1) is 18.6. The Morgan fingerprint density at radius 2 is 1.92 bits per heavy atom. The third-order valence-corrected chi connectivity index (χ3v) is 6.16. The van der Waals surface area contributed by atoms with Crippen molar-refractivity contribution >= 4 is 21.6 Å². The molecule has 1 fully saturated rings. The Morgan fingerprint density at radius 1 is 1.27 bits per heavy atom. The quantitative estimate of drug-likeness (QED) is 0.889. The molecule has 0 spiro atoms. The number of halogens is 1. The molecule has 0 bridgehead atoms. The van der Waals surface area contributed by atoms with Crippen molar-refractivity contribution in [2.45, 2.75) is 38.6 Å². The van der Waals surface area contributed by atoms with Crippen LogP contribution in [0.2, 0.25) is 0 Å². The first-order chi connectivity index (χ1) is 12.0. The zero-order chi connectivity index (χ0) is 19.1. The second-order valence-electron chi connectivity index (χ2n) is 7.63. The largest absolute Gasteiger partial charge is 0.307 e. The van der Waals surface area contributed by atoms with Gasteiger partial charge in [0.05, 0.1) is 23.2 Å². The minimum atomic E-state index is -3.09. The molecule has 0 saturated carbocycles. The van der Waals surface area contributed by atoms with Crippen molar-refractivity contribution in [1.82, 2.24) is 9.78 Å². The van der Waals surface area contributed by atoms with Gasteiger partial charge in [0.15, 0.2) is 9.84 Å². The molecular weight excluding hydrogens is 357 g/mol. The summed E-state index contributed by atoms with van der Waals surface area (Å²) in [5, 5.41) is 7.35. The highest BCUT2D eigenvalue weighted by Crippen LogP contribution is 2.31. The average molecular weight is 379 g/mol. The van der Waals surface area contributed by atoms with Crippen LogP contribution in [0.4, 0.5) is 10.2 Å². The van der Waals surface area contributed by atoms with E-state index in [0.717, 1.165) is 5.69 Å². The summed E-state index contributed by atoms with van der Waals surface area (Å²) in [6, 6.07) is 6.70. The molecule has 0 aliphatic carbocycles. The van der Waals surface area contributed by atoms with Crippen LogP contribution < -0.4 is 5.32 Å². The van der Waals surface area contributed by atoms with E-state index in [9.17, 15) is 17.6 Å². The minimum Gasteiger partial charge on any atom is -0.307 e. The Kier molecular flexibility index (Phi) is 4.64. The second kappa shape index (κ2) is 6.50. The zero-order valence-corrected chi connectivity index (χ0v) is 15.8. The van der Waals surface area contributed by atoms with Crippen LogP contribution in [0.3, 0.4) is 0 Å². The van der Waals surface area contributed by atoms with E-state index < -0.39 is 21.6 Å². The lowest BCUT2D eigenvalue weighted by atomic mass is 9.92. The van der Waals surface area contributed by atoms with Crippen LogP contribution in [0, 0.1) is 5.82 Å². The number of aromatic nitrogens is 2. The van der Waals surface area contributed by atoms with Crippen LogP contribution in [-0.4, -0.2) is 35.6 Å². The third-order valence-electron chi connectivity index (χ3n) is 4.41. The van der Waals surface area contributed by atoms with Crippen molar-refractivity contribution in [3.63, 3.8) is 0 Å². The normalized spacial score (nSPS) is 19.5.